The highest BCUT2D eigenvalue weighted by atomic mass is 16.7. The average Bonchev–Trinajstić information content (AvgIpc) is 2.91. The third-order valence-electron chi connectivity index (χ3n) is 3.60. The van der Waals surface area contributed by atoms with E-state index in [0.29, 0.717) is 30.9 Å². The number of carbonyl (C=O) groups excluding carboxylic acids is 4. The van der Waals surface area contributed by atoms with Crippen molar-refractivity contribution < 1.29 is 24.0 Å². The summed E-state index contributed by atoms with van der Waals surface area (Å²) in [6.45, 7) is 2.19. The van der Waals surface area contributed by atoms with Crippen molar-refractivity contribution in [3.63, 3.8) is 0 Å². The van der Waals surface area contributed by atoms with Crippen LogP contribution in [0.15, 0.2) is 0 Å². The molecule has 0 radical (unpaired) electrons. The van der Waals surface area contributed by atoms with Crippen LogP contribution in [0, 0.1) is 5.41 Å². The quantitative estimate of drug-likeness (QED) is 0.187. The minimum absolute atomic E-state index is 0.0151. The van der Waals surface area contributed by atoms with Crippen LogP contribution in [0.5, 0.6) is 0 Å². The molecule has 1 saturated heterocycles. The predicted molar refractivity (Wildman–Crippen MR) is 88.0 cm³/mol. The van der Waals surface area contributed by atoms with Crippen LogP contribution < -0.4 is 16.0 Å². The van der Waals surface area contributed by atoms with E-state index in [4.69, 9.17) is 10.2 Å². The average molecular weight is 355 g/mol. The van der Waals surface area contributed by atoms with Gasteiger partial charge in [0.2, 0.25) is 5.91 Å². The van der Waals surface area contributed by atoms with Crippen molar-refractivity contribution in [3.8, 4) is 0 Å². The highest BCUT2D eigenvalue weighted by Crippen LogP contribution is 2.14. The third kappa shape index (κ3) is 6.77. The lowest BCUT2D eigenvalue weighted by molar-refractivity contribution is -0.199. The smallest absolute Gasteiger partial charge is 0.355 e. The lowest BCUT2D eigenvalue weighted by Gasteiger charge is -2.20. The minimum atomic E-state index is -0.933. The van der Waals surface area contributed by atoms with Crippen LogP contribution in [0.25, 0.3) is 0 Å². The molecule has 1 heterocycles. The Bertz CT molecular complexity index is 520. The Kier molecular flexibility index (Phi) is 8.37. The molecule has 1 aliphatic heterocycles. The maximum atomic E-state index is 12.2. The van der Waals surface area contributed by atoms with Crippen molar-refractivity contribution in [1.82, 2.24) is 21.0 Å². The summed E-state index contributed by atoms with van der Waals surface area (Å²) in [5, 5.41) is 15.9. The molecule has 25 heavy (non-hydrogen) atoms. The third-order valence-corrected chi connectivity index (χ3v) is 3.60. The first-order valence-electron chi connectivity index (χ1n) is 8.26. The number of guanidine groups is 1. The van der Waals surface area contributed by atoms with Gasteiger partial charge in [-0.25, -0.2) is 4.79 Å². The van der Waals surface area contributed by atoms with Gasteiger partial charge in [0.15, 0.2) is 5.96 Å². The van der Waals surface area contributed by atoms with Gasteiger partial charge in [-0.2, -0.15) is 0 Å². The predicted octanol–water partition coefficient (Wildman–Crippen LogP) is -0.598. The molecule has 0 aromatic rings. The van der Waals surface area contributed by atoms with Crippen molar-refractivity contribution in [2.45, 2.75) is 51.5 Å². The van der Waals surface area contributed by atoms with E-state index in [2.05, 4.69) is 16.0 Å². The van der Waals surface area contributed by atoms with Crippen LogP contribution in [-0.2, 0) is 24.0 Å². The van der Waals surface area contributed by atoms with Crippen molar-refractivity contribution in [1.29, 1.82) is 5.41 Å². The van der Waals surface area contributed by atoms with Crippen molar-refractivity contribution in [2.75, 3.05) is 13.6 Å². The van der Waals surface area contributed by atoms with E-state index in [9.17, 15) is 19.2 Å². The monoisotopic (exact) mass is 355 g/mol. The number of nitrogens with one attached hydrogen (secondary N) is 4. The van der Waals surface area contributed by atoms with Gasteiger partial charge in [-0.3, -0.25) is 19.8 Å². The maximum absolute atomic E-state index is 12.2. The Hall–Kier alpha value is -2.65. The van der Waals surface area contributed by atoms with E-state index in [1.165, 1.54) is 0 Å². The van der Waals surface area contributed by atoms with Crippen LogP contribution in [0.4, 0.5) is 0 Å². The molecule has 3 amide bonds. The van der Waals surface area contributed by atoms with E-state index >= 15 is 0 Å². The number of hydroxylamine groups is 2. The lowest BCUT2D eigenvalue weighted by atomic mass is 10.1. The van der Waals surface area contributed by atoms with E-state index in [1.807, 2.05) is 0 Å². The molecular formula is C15H25N5O5. The zero-order chi connectivity index (χ0) is 18.8. The van der Waals surface area contributed by atoms with Gasteiger partial charge in [-0.05, 0) is 19.3 Å². The van der Waals surface area contributed by atoms with Gasteiger partial charge in [0, 0.05) is 32.9 Å². The Labute approximate surface area is 146 Å². The fourth-order valence-electron chi connectivity index (χ4n) is 2.13. The highest BCUT2D eigenvalue weighted by Gasteiger charge is 2.35. The van der Waals surface area contributed by atoms with Gasteiger partial charge in [0.25, 0.3) is 11.8 Å². The lowest BCUT2D eigenvalue weighted by Crippen LogP contribution is -2.45. The summed E-state index contributed by atoms with van der Waals surface area (Å²) in [7, 11) is 1.63. The van der Waals surface area contributed by atoms with Gasteiger partial charge < -0.3 is 20.8 Å². The van der Waals surface area contributed by atoms with Gasteiger partial charge >= 0.3 is 5.97 Å². The number of hydrogen-bond acceptors (Lipinski definition) is 6. The standard InChI is InChI=1S/C15H25N5O5/c1-3-11(21)19-10(6-4-5-9-18-15(16)17-2)14(24)25-20-12(22)7-8-13(20)23/h10H,3-9H2,1-2H3,(H,19,21)(H3,16,17,18)/t10-/m0/s1. The summed E-state index contributed by atoms with van der Waals surface area (Å²) >= 11 is 0. The first-order chi connectivity index (χ1) is 11.9. The van der Waals surface area contributed by atoms with Crippen LogP contribution in [0.3, 0.4) is 0 Å². The topological polar surface area (TPSA) is 141 Å². The fraction of sp³-hybridized carbons (Fsp3) is 0.667. The summed E-state index contributed by atoms with van der Waals surface area (Å²) in [6.07, 6.45) is 1.77. The number of unbranched alkanes of at least 4 members (excludes halogenated alkanes) is 1. The number of imide groups is 1. The van der Waals surface area contributed by atoms with Crippen LogP contribution in [-0.4, -0.2) is 54.3 Å². The summed E-state index contributed by atoms with van der Waals surface area (Å²) in [4.78, 5) is 51.7. The Morgan fingerprint density at radius 3 is 2.44 bits per heavy atom. The van der Waals surface area contributed by atoms with Crippen molar-refractivity contribution >= 4 is 29.7 Å². The second-order valence-electron chi connectivity index (χ2n) is 5.51. The van der Waals surface area contributed by atoms with Gasteiger partial charge in [-0.1, -0.05) is 6.92 Å². The summed E-state index contributed by atoms with van der Waals surface area (Å²) in [5.41, 5.74) is 0. The fourth-order valence-corrected chi connectivity index (χ4v) is 2.13. The molecule has 0 aliphatic carbocycles. The minimum Gasteiger partial charge on any atom is -0.360 e. The van der Waals surface area contributed by atoms with E-state index in [-0.39, 0.29) is 31.1 Å². The van der Waals surface area contributed by atoms with Gasteiger partial charge in [0.05, 0.1) is 0 Å². The van der Waals surface area contributed by atoms with Crippen LogP contribution in [0.2, 0.25) is 0 Å². The zero-order valence-electron chi connectivity index (χ0n) is 14.5. The first kappa shape index (κ1) is 20.4. The molecular weight excluding hydrogens is 330 g/mol. The van der Waals surface area contributed by atoms with Crippen molar-refractivity contribution in [2.24, 2.45) is 0 Å². The molecule has 10 nitrogen and oxygen atoms in total. The van der Waals surface area contributed by atoms with Crippen LogP contribution >= 0.6 is 0 Å². The molecule has 1 rings (SSSR count). The van der Waals surface area contributed by atoms with E-state index in [1.54, 1.807) is 14.0 Å². The maximum Gasteiger partial charge on any atom is 0.355 e. The molecule has 0 bridgehead atoms. The Morgan fingerprint density at radius 2 is 1.88 bits per heavy atom. The molecule has 0 unspecified atom stereocenters. The molecule has 0 aromatic carbocycles. The first-order valence-corrected chi connectivity index (χ1v) is 8.26. The number of rotatable bonds is 9. The Balaban J connectivity index is 2.52. The number of carbonyl (C=O) groups is 4. The highest BCUT2D eigenvalue weighted by molar-refractivity contribution is 6.01. The van der Waals surface area contributed by atoms with Gasteiger partial charge in [0.1, 0.15) is 6.04 Å². The SMILES string of the molecule is CCC(=O)N[C@@H](CCCCNC(=N)NC)C(=O)ON1C(=O)CCC1=O. The summed E-state index contributed by atoms with van der Waals surface area (Å²) < 4.78 is 0. The van der Waals surface area contributed by atoms with Crippen LogP contribution in [0.1, 0.15) is 45.4 Å². The molecule has 1 aliphatic rings. The van der Waals surface area contributed by atoms with E-state index in [0.717, 1.165) is 0 Å². The molecule has 0 aromatic heterocycles. The largest absolute Gasteiger partial charge is 0.360 e. The number of nitrogens with zero attached hydrogens (tertiary/aromatic N) is 1. The molecule has 140 valence electrons. The molecule has 1 atom stereocenters. The van der Waals surface area contributed by atoms with Gasteiger partial charge in [-0.15, -0.1) is 5.06 Å². The second-order valence-corrected chi connectivity index (χ2v) is 5.51. The zero-order valence-corrected chi connectivity index (χ0v) is 14.5. The van der Waals surface area contributed by atoms with Crippen molar-refractivity contribution in [3.05, 3.63) is 0 Å². The normalized spacial score (nSPS) is 14.9. The molecule has 0 spiro atoms. The molecule has 0 saturated carbocycles. The molecule has 10 heteroatoms. The number of amides is 3. The van der Waals surface area contributed by atoms with E-state index < -0.39 is 23.8 Å². The molecule has 1 fully saturated rings. The summed E-state index contributed by atoms with van der Waals surface area (Å²) in [6, 6.07) is -0.933. The summed E-state index contributed by atoms with van der Waals surface area (Å²) in [5.74, 6) is -2.08. The second kappa shape index (κ2) is 10.3. The molecule has 4 N–H and O–H groups in total. The Morgan fingerprint density at radius 1 is 1.24 bits per heavy atom. The number of hydrogen-bond donors (Lipinski definition) is 4.